The van der Waals surface area contributed by atoms with E-state index in [1.165, 1.54) is 10.2 Å². The fourth-order valence-corrected chi connectivity index (χ4v) is 2.90. The van der Waals surface area contributed by atoms with Crippen molar-refractivity contribution < 1.29 is 9.53 Å². The van der Waals surface area contributed by atoms with Gasteiger partial charge in [0.05, 0.1) is 6.61 Å². The first-order chi connectivity index (χ1) is 11.6. The van der Waals surface area contributed by atoms with E-state index in [0.29, 0.717) is 18.3 Å². The second-order valence-electron chi connectivity index (χ2n) is 6.36. The molecule has 2 aromatic rings. The van der Waals surface area contributed by atoms with E-state index in [2.05, 4.69) is 22.4 Å². The molecule has 1 aromatic heterocycles. The quantitative estimate of drug-likeness (QED) is 0.833. The maximum Gasteiger partial charge on any atom is 0.244 e. The number of carbonyl (C=O) groups excluding carboxylic acids is 1. The maximum absolute atomic E-state index is 12.4. The number of rotatable bonds is 5. The van der Waals surface area contributed by atoms with Crippen LogP contribution in [0.3, 0.4) is 0 Å². The number of hydrogen-bond acceptors (Lipinski definition) is 5. The van der Waals surface area contributed by atoms with E-state index in [1.54, 1.807) is 6.92 Å². The van der Waals surface area contributed by atoms with Gasteiger partial charge in [0.15, 0.2) is 0 Å². The number of ether oxygens (including phenoxy) is 1. The molecular weight excluding hydrogens is 306 g/mol. The molecular formula is C17H23N5O2. The number of likely N-dealkylation sites (tertiary alicyclic amines) is 1. The van der Waals surface area contributed by atoms with E-state index in [9.17, 15) is 4.79 Å². The number of benzene rings is 1. The van der Waals surface area contributed by atoms with Crippen molar-refractivity contribution in [1.82, 2.24) is 25.1 Å². The Morgan fingerprint density at radius 3 is 2.79 bits per heavy atom. The molecule has 128 valence electrons. The lowest BCUT2D eigenvalue weighted by Crippen LogP contribution is -2.43. The van der Waals surface area contributed by atoms with Crippen LogP contribution in [-0.2, 0) is 11.3 Å². The van der Waals surface area contributed by atoms with Gasteiger partial charge in [-0.2, -0.15) is 0 Å². The molecule has 2 heterocycles. The van der Waals surface area contributed by atoms with Crippen molar-refractivity contribution >= 4 is 5.91 Å². The van der Waals surface area contributed by atoms with Gasteiger partial charge in [-0.25, -0.2) is 4.68 Å². The number of aryl methyl sites for hydroxylation is 2. The zero-order valence-electron chi connectivity index (χ0n) is 14.2. The SMILES string of the molecule is Cc1ccc(OC[C@@H]2CCCN(C(=O)Cn3nnnc3C)C2)cc1. The van der Waals surface area contributed by atoms with E-state index < -0.39 is 0 Å². The second kappa shape index (κ2) is 7.42. The molecule has 1 aliphatic heterocycles. The molecule has 1 fully saturated rings. The number of piperidine rings is 1. The van der Waals surface area contributed by atoms with Gasteiger partial charge in [-0.15, -0.1) is 5.10 Å². The molecule has 7 heteroatoms. The molecule has 0 saturated carbocycles. The second-order valence-corrected chi connectivity index (χ2v) is 6.36. The van der Waals surface area contributed by atoms with Gasteiger partial charge in [-0.05, 0) is 49.2 Å². The summed E-state index contributed by atoms with van der Waals surface area (Å²) in [7, 11) is 0. The Morgan fingerprint density at radius 1 is 1.29 bits per heavy atom. The fraction of sp³-hybridized carbons (Fsp3) is 0.529. The number of hydrogen-bond donors (Lipinski definition) is 0. The molecule has 24 heavy (non-hydrogen) atoms. The van der Waals surface area contributed by atoms with Crippen LogP contribution < -0.4 is 4.74 Å². The Hall–Kier alpha value is -2.44. The number of tetrazole rings is 1. The summed E-state index contributed by atoms with van der Waals surface area (Å²) in [4.78, 5) is 14.3. The smallest absolute Gasteiger partial charge is 0.244 e. The van der Waals surface area contributed by atoms with E-state index in [1.807, 2.05) is 29.2 Å². The van der Waals surface area contributed by atoms with E-state index >= 15 is 0 Å². The summed E-state index contributed by atoms with van der Waals surface area (Å²) in [6.07, 6.45) is 2.09. The van der Waals surface area contributed by atoms with Gasteiger partial charge in [-0.1, -0.05) is 17.7 Å². The Bertz CT molecular complexity index is 683. The van der Waals surface area contributed by atoms with Crippen molar-refractivity contribution in [2.45, 2.75) is 33.2 Å². The van der Waals surface area contributed by atoms with Crippen LogP contribution in [0.15, 0.2) is 24.3 Å². The lowest BCUT2D eigenvalue weighted by molar-refractivity contribution is -0.134. The molecule has 0 bridgehead atoms. The van der Waals surface area contributed by atoms with E-state index in [-0.39, 0.29) is 12.5 Å². The summed E-state index contributed by atoms with van der Waals surface area (Å²) in [6, 6.07) is 8.06. The van der Waals surface area contributed by atoms with Gasteiger partial charge in [-0.3, -0.25) is 4.79 Å². The zero-order valence-corrected chi connectivity index (χ0v) is 14.2. The molecule has 0 spiro atoms. The van der Waals surface area contributed by atoms with Gasteiger partial charge >= 0.3 is 0 Å². The minimum absolute atomic E-state index is 0.0606. The Morgan fingerprint density at radius 2 is 2.08 bits per heavy atom. The highest BCUT2D eigenvalue weighted by molar-refractivity contribution is 5.76. The lowest BCUT2D eigenvalue weighted by atomic mass is 9.99. The minimum atomic E-state index is 0.0606. The van der Waals surface area contributed by atoms with Crippen molar-refractivity contribution in [3.05, 3.63) is 35.7 Å². The first-order valence-corrected chi connectivity index (χ1v) is 8.32. The lowest BCUT2D eigenvalue weighted by Gasteiger charge is -2.32. The molecule has 1 saturated heterocycles. The summed E-state index contributed by atoms with van der Waals surface area (Å²) in [5.74, 6) is 1.96. The molecule has 1 atom stereocenters. The summed E-state index contributed by atoms with van der Waals surface area (Å²) >= 11 is 0. The van der Waals surface area contributed by atoms with Crippen LogP contribution in [0.4, 0.5) is 0 Å². The van der Waals surface area contributed by atoms with Crippen LogP contribution in [0.2, 0.25) is 0 Å². The monoisotopic (exact) mass is 329 g/mol. The molecule has 0 aliphatic carbocycles. The van der Waals surface area contributed by atoms with Crippen LogP contribution in [0.5, 0.6) is 5.75 Å². The number of amides is 1. The molecule has 3 rings (SSSR count). The van der Waals surface area contributed by atoms with Crippen LogP contribution in [0.25, 0.3) is 0 Å². The van der Waals surface area contributed by atoms with Gasteiger partial charge < -0.3 is 9.64 Å². The summed E-state index contributed by atoms with van der Waals surface area (Å²) in [5, 5.41) is 11.2. The molecule has 0 unspecified atom stereocenters. The summed E-state index contributed by atoms with van der Waals surface area (Å²) < 4.78 is 7.41. The van der Waals surface area contributed by atoms with Crippen molar-refractivity contribution in [2.75, 3.05) is 19.7 Å². The van der Waals surface area contributed by atoms with Gasteiger partial charge in [0.2, 0.25) is 5.91 Å². The highest BCUT2D eigenvalue weighted by atomic mass is 16.5. The highest BCUT2D eigenvalue weighted by Crippen LogP contribution is 2.19. The van der Waals surface area contributed by atoms with E-state index in [4.69, 9.17) is 4.74 Å². The third-order valence-corrected chi connectivity index (χ3v) is 4.37. The van der Waals surface area contributed by atoms with Gasteiger partial charge in [0.25, 0.3) is 0 Å². The minimum Gasteiger partial charge on any atom is -0.493 e. The van der Waals surface area contributed by atoms with Crippen LogP contribution in [-0.4, -0.2) is 50.7 Å². The third kappa shape index (κ3) is 4.10. The topological polar surface area (TPSA) is 73.1 Å². The van der Waals surface area contributed by atoms with Crippen LogP contribution in [0, 0.1) is 19.8 Å². The molecule has 1 amide bonds. The molecule has 0 N–H and O–H groups in total. The number of carbonyl (C=O) groups is 1. The Balaban J connectivity index is 1.51. The largest absolute Gasteiger partial charge is 0.493 e. The van der Waals surface area contributed by atoms with Gasteiger partial charge in [0, 0.05) is 19.0 Å². The average molecular weight is 329 g/mol. The normalized spacial score (nSPS) is 17.8. The standard InChI is InChI=1S/C17H23N5O2/c1-13-5-7-16(8-6-13)24-12-15-4-3-9-21(10-15)17(23)11-22-14(2)18-19-20-22/h5-8,15H,3-4,9-12H2,1-2H3/t15-/m1/s1. The molecule has 0 radical (unpaired) electrons. The van der Waals surface area contributed by atoms with Crippen molar-refractivity contribution in [3.8, 4) is 5.75 Å². The maximum atomic E-state index is 12.4. The predicted molar refractivity (Wildman–Crippen MR) is 88.5 cm³/mol. The first kappa shape index (κ1) is 16.4. The average Bonchev–Trinajstić information content (AvgIpc) is 2.99. The molecule has 1 aliphatic rings. The van der Waals surface area contributed by atoms with Crippen LogP contribution in [0.1, 0.15) is 24.2 Å². The number of aromatic nitrogens is 4. The van der Waals surface area contributed by atoms with Gasteiger partial charge in [0.1, 0.15) is 18.1 Å². The predicted octanol–water partition coefficient (Wildman–Crippen LogP) is 1.61. The summed E-state index contributed by atoms with van der Waals surface area (Å²) in [6.45, 7) is 6.20. The Labute approximate surface area is 141 Å². The Kier molecular flexibility index (Phi) is 5.08. The van der Waals surface area contributed by atoms with Crippen molar-refractivity contribution in [1.29, 1.82) is 0 Å². The van der Waals surface area contributed by atoms with E-state index in [0.717, 1.165) is 31.7 Å². The van der Waals surface area contributed by atoms with Crippen molar-refractivity contribution in [3.63, 3.8) is 0 Å². The first-order valence-electron chi connectivity index (χ1n) is 8.32. The molecule has 7 nitrogen and oxygen atoms in total. The van der Waals surface area contributed by atoms with Crippen LogP contribution >= 0.6 is 0 Å². The third-order valence-electron chi connectivity index (χ3n) is 4.37. The zero-order chi connectivity index (χ0) is 16.9. The number of nitrogens with zero attached hydrogens (tertiary/aromatic N) is 5. The highest BCUT2D eigenvalue weighted by Gasteiger charge is 2.24. The fourth-order valence-electron chi connectivity index (χ4n) is 2.90. The van der Waals surface area contributed by atoms with Crippen molar-refractivity contribution in [2.24, 2.45) is 5.92 Å². The molecule has 1 aromatic carbocycles. The summed E-state index contributed by atoms with van der Waals surface area (Å²) in [5.41, 5.74) is 1.22.